The van der Waals surface area contributed by atoms with Crippen LogP contribution in [0.5, 0.6) is 0 Å². The van der Waals surface area contributed by atoms with Gasteiger partial charge in [-0.3, -0.25) is 0 Å². The van der Waals surface area contributed by atoms with Crippen molar-refractivity contribution in [2.45, 2.75) is 11.8 Å². The van der Waals surface area contributed by atoms with Crippen molar-refractivity contribution in [2.75, 3.05) is 6.26 Å². The number of hydrogen-bond acceptors (Lipinski definition) is 3. The van der Waals surface area contributed by atoms with Crippen molar-refractivity contribution in [1.29, 1.82) is 0 Å². The first kappa shape index (κ1) is 14.5. The summed E-state index contributed by atoms with van der Waals surface area (Å²) in [5.41, 5.74) is 2.62. The molecule has 0 atom stereocenters. The Labute approximate surface area is 130 Å². The Morgan fingerprint density at radius 1 is 1.05 bits per heavy atom. The van der Waals surface area contributed by atoms with Crippen molar-refractivity contribution in [3.05, 3.63) is 66.6 Å². The number of pyridine rings is 1. The largest absolute Gasteiger partial charge is 0.308 e. The molecule has 112 valence electrons. The molecule has 0 aliphatic carbocycles. The van der Waals surface area contributed by atoms with E-state index in [1.807, 2.05) is 54.2 Å². The van der Waals surface area contributed by atoms with Gasteiger partial charge in [0.1, 0.15) is 5.82 Å². The maximum absolute atomic E-state index is 11.9. The van der Waals surface area contributed by atoms with E-state index in [9.17, 15) is 8.42 Å². The molecule has 0 radical (unpaired) electrons. The summed E-state index contributed by atoms with van der Waals surface area (Å²) in [6.45, 7) is 1.99. The quantitative estimate of drug-likeness (QED) is 0.746. The van der Waals surface area contributed by atoms with Crippen LogP contribution in [-0.4, -0.2) is 24.2 Å². The summed E-state index contributed by atoms with van der Waals surface area (Å²) in [5, 5.41) is 0. The van der Waals surface area contributed by atoms with Gasteiger partial charge in [-0.1, -0.05) is 24.3 Å². The van der Waals surface area contributed by atoms with Gasteiger partial charge in [0.25, 0.3) is 0 Å². The normalized spacial score (nSPS) is 11.5. The molecule has 0 amide bonds. The summed E-state index contributed by atoms with van der Waals surface area (Å²) >= 11 is 0. The second-order valence-corrected chi connectivity index (χ2v) is 7.20. The first-order chi connectivity index (χ1) is 10.5. The van der Waals surface area contributed by atoms with Crippen LogP contribution in [0.1, 0.15) is 5.56 Å². The Balaban J connectivity index is 2.12. The smallest absolute Gasteiger partial charge is 0.176 e. The summed E-state index contributed by atoms with van der Waals surface area (Å²) < 4.78 is 25.8. The van der Waals surface area contributed by atoms with Crippen molar-refractivity contribution >= 4 is 9.84 Å². The van der Waals surface area contributed by atoms with E-state index in [1.54, 1.807) is 18.3 Å². The monoisotopic (exact) mass is 312 g/mol. The molecule has 4 nitrogen and oxygen atoms in total. The second kappa shape index (κ2) is 5.42. The van der Waals surface area contributed by atoms with E-state index in [4.69, 9.17) is 0 Å². The van der Waals surface area contributed by atoms with Crippen LogP contribution >= 0.6 is 0 Å². The highest BCUT2D eigenvalue weighted by Crippen LogP contribution is 2.28. The third-order valence-corrected chi connectivity index (χ3v) is 4.67. The first-order valence-electron chi connectivity index (χ1n) is 6.86. The standard InChI is InChI=1S/C17H16N2O2S/c1-13-6-5-10-18-17(13)19-11-9-14(12-19)15-7-3-4-8-16(15)22(2,20)21/h3-12H,1-2H3. The average molecular weight is 312 g/mol. The fourth-order valence-corrected chi connectivity index (χ4v) is 3.37. The maximum atomic E-state index is 11.9. The van der Waals surface area contributed by atoms with E-state index in [2.05, 4.69) is 4.98 Å². The molecule has 0 aliphatic heterocycles. The number of nitrogens with zero attached hydrogens (tertiary/aromatic N) is 2. The molecule has 2 aromatic heterocycles. The van der Waals surface area contributed by atoms with Crippen molar-refractivity contribution in [3.8, 4) is 16.9 Å². The molecule has 2 heterocycles. The molecular weight excluding hydrogens is 296 g/mol. The predicted molar refractivity (Wildman–Crippen MR) is 86.8 cm³/mol. The fraction of sp³-hybridized carbons (Fsp3) is 0.118. The van der Waals surface area contributed by atoms with E-state index in [0.717, 1.165) is 16.9 Å². The summed E-state index contributed by atoms with van der Waals surface area (Å²) in [4.78, 5) is 4.71. The van der Waals surface area contributed by atoms with Gasteiger partial charge in [-0.15, -0.1) is 0 Å². The van der Waals surface area contributed by atoms with E-state index in [0.29, 0.717) is 10.5 Å². The molecule has 0 spiro atoms. The van der Waals surface area contributed by atoms with Gasteiger partial charge in [0.2, 0.25) is 0 Å². The summed E-state index contributed by atoms with van der Waals surface area (Å²) in [6.07, 6.45) is 6.77. The number of aromatic nitrogens is 2. The zero-order valence-corrected chi connectivity index (χ0v) is 13.2. The Hall–Kier alpha value is -2.40. The Morgan fingerprint density at radius 3 is 2.55 bits per heavy atom. The van der Waals surface area contributed by atoms with Gasteiger partial charge in [0.15, 0.2) is 9.84 Å². The molecule has 0 fully saturated rings. The zero-order valence-electron chi connectivity index (χ0n) is 12.4. The summed E-state index contributed by atoms with van der Waals surface area (Å²) in [5.74, 6) is 0.839. The lowest BCUT2D eigenvalue weighted by atomic mass is 10.1. The van der Waals surface area contributed by atoms with Crippen LogP contribution in [0.4, 0.5) is 0 Å². The van der Waals surface area contributed by atoms with Gasteiger partial charge in [0.05, 0.1) is 4.90 Å². The van der Waals surface area contributed by atoms with Gasteiger partial charge >= 0.3 is 0 Å². The molecule has 0 N–H and O–H groups in total. The van der Waals surface area contributed by atoms with Crippen molar-refractivity contribution < 1.29 is 8.42 Å². The lowest BCUT2D eigenvalue weighted by Crippen LogP contribution is -1.99. The number of rotatable bonds is 3. The molecule has 0 aliphatic rings. The second-order valence-electron chi connectivity index (χ2n) is 5.22. The molecule has 0 saturated carbocycles. The predicted octanol–water partition coefficient (Wildman–Crippen LogP) is 3.25. The third-order valence-electron chi connectivity index (χ3n) is 3.52. The lowest BCUT2D eigenvalue weighted by molar-refractivity contribution is 0.602. The summed E-state index contributed by atoms with van der Waals surface area (Å²) in [7, 11) is -3.27. The van der Waals surface area contributed by atoms with Gasteiger partial charge in [-0.05, 0) is 30.7 Å². The van der Waals surface area contributed by atoms with Crippen LogP contribution < -0.4 is 0 Å². The van der Waals surface area contributed by atoms with Gasteiger partial charge in [0, 0.05) is 36.0 Å². The van der Waals surface area contributed by atoms with Crippen LogP contribution in [-0.2, 0) is 9.84 Å². The SMILES string of the molecule is Cc1cccnc1-n1ccc(-c2ccccc2S(C)(=O)=O)c1. The van der Waals surface area contributed by atoms with Crippen molar-refractivity contribution in [3.63, 3.8) is 0 Å². The van der Waals surface area contributed by atoms with Crippen molar-refractivity contribution in [1.82, 2.24) is 9.55 Å². The highest BCUT2D eigenvalue weighted by Gasteiger charge is 2.15. The molecule has 3 aromatic rings. The van der Waals surface area contributed by atoms with Crippen LogP contribution in [0.3, 0.4) is 0 Å². The summed E-state index contributed by atoms with van der Waals surface area (Å²) in [6, 6.07) is 12.8. The Kier molecular flexibility index (Phi) is 3.58. The van der Waals surface area contributed by atoms with Gasteiger partial charge < -0.3 is 4.57 Å². The maximum Gasteiger partial charge on any atom is 0.176 e. The zero-order chi connectivity index (χ0) is 15.7. The minimum Gasteiger partial charge on any atom is -0.308 e. The number of sulfone groups is 1. The highest BCUT2D eigenvalue weighted by atomic mass is 32.2. The van der Waals surface area contributed by atoms with Crippen LogP contribution in [0, 0.1) is 6.92 Å². The molecule has 0 bridgehead atoms. The number of benzene rings is 1. The van der Waals surface area contributed by atoms with E-state index in [-0.39, 0.29) is 0 Å². The number of aryl methyl sites for hydroxylation is 1. The molecule has 0 saturated heterocycles. The molecular formula is C17H16N2O2S. The lowest BCUT2D eigenvalue weighted by Gasteiger charge is -2.07. The van der Waals surface area contributed by atoms with Gasteiger partial charge in [-0.25, -0.2) is 13.4 Å². The van der Waals surface area contributed by atoms with Crippen LogP contribution in [0.15, 0.2) is 66.0 Å². The van der Waals surface area contributed by atoms with Crippen molar-refractivity contribution in [2.24, 2.45) is 0 Å². The van der Waals surface area contributed by atoms with E-state index < -0.39 is 9.84 Å². The van der Waals surface area contributed by atoms with E-state index in [1.165, 1.54) is 6.26 Å². The minimum absolute atomic E-state index is 0.338. The third kappa shape index (κ3) is 2.67. The average Bonchev–Trinajstić information content (AvgIpc) is 2.96. The highest BCUT2D eigenvalue weighted by molar-refractivity contribution is 7.90. The number of hydrogen-bond donors (Lipinski definition) is 0. The molecule has 3 rings (SSSR count). The molecule has 5 heteroatoms. The first-order valence-corrected chi connectivity index (χ1v) is 8.75. The van der Waals surface area contributed by atoms with Crippen LogP contribution in [0.25, 0.3) is 16.9 Å². The van der Waals surface area contributed by atoms with E-state index >= 15 is 0 Å². The van der Waals surface area contributed by atoms with Gasteiger partial charge in [-0.2, -0.15) is 0 Å². The topological polar surface area (TPSA) is 52.0 Å². The molecule has 1 aromatic carbocycles. The molecule has 0 unspecified atom stereocenters. The fourth-order valence-electron chi connectivity index (χ4n) is 2.46. The minimum atomic E-state index is -3.27. The molecule has 22 heavy (non-hydrogen) atoms. The van der Waals surface area contributed by atoms with Crippen LogP contribution in [0.2, 0.25) is 0 Å². The Bertz CT molecular complexity index is 927. The Morgan fingerprint density at radius 2 is 1.82 bits per heavy atom.